The third-order valence-corrected chi connectivity index (χ3v) is 4.32. The van der Waals surface area contributed by atoms with Gasteiger partial charge >= 0.3 is 0 Å². The Hall–Kier alpha value is -1.07. The highest BCUT2D eigenvalue weighted by atomic mass is 35.5. The molecule has 0 unspecified atom stereocenters. The fraction of sp³-hybridized carbons (Fsp3) is 0.444. The van der Waals surface area contributed by atoms with E-state index in [2.05, 4.69) is 35.6 Å². The van der Waals surface area contributed by atoms with Crippen LogP contribution in [0, 0.1) is 5.92 Å². The van der Waals surface area contributed by atoms with E-state index >= 15 is 0 Å². The largest absolute Gasteiger partial charge is 0.491 e. The van der Waals surface area contributed by atoms with E-state index in [0.717, 1.165) is 18.8 Å². The van der Waals surface area contributed by atoms with Gasteiger partial charge < -0.3 is 9.84 Å². The summed E-state index contributed by atoms with van der Waals surface area (Å²) < 4.78 is 5.63. The molecule has 5 heteroatoms. The molecule has 0 aliphatic carbocycles. The summed E-state index contributed by atoms with van der Waals surface area (Å²) in [7, 11) is 0. The van der Waals surface area contributed by atoms with Crippen molar-refractivity contribution in [2.24, 2.45) is 5.92 Å². The van der Waals surface area contributed by atoms with Crippen molar-refractivity contribution in [3.05, 3.63) is 51.7 Å². The molecule has 1 heterocycles. The predicted octanol–water partition coefficient (Wildman–Crippen LogP) is 4.30. The van der Waals surface area contributed by atoms with Gasteiger partial charge in [-0.05, 0) is 52.6 Å². The Balaban J connectivity index is 1.83. The van der Waals surface area contributed by atoms with Crippen LogP contribution in [0.4, 0.5) is 0 Å². The van der Waals surface area contributed by atoms with Crippen molar-refractivity contribution in [1.82, 2.24) is 4.90 Å². The minimum atomic E-state index is -0.525. The Morgan fingerprint density at radius 3 is 2.52 bits per heavy atom. The van der Waals surface area contributed by atoms with Crippen LogP contribution in [0.2, 0.25) is 5.02 Å². The van der Waals surface area contributed by atoms with E-state index in [0.29, 0.717) is 17.5 Å². The number of aliphatic hydroxyl groups excluding tert-OH is 1. The lowest BCUT2D eigenvalue weighted by atomic mass is 10.2. The predicted molar refractivity (Wildman–Crippen MR) is 97.4 cm³/mol. The molecule has 0 saturated carbocycles. The third kappa shape index (κ3) is 6.92. The number of hydrogen-bond donors (Lipinski definition) is 1. The van der Waals surface area contributed by atoms with Crippen LogP contribution < -0.4 is 4.74 Å². The molecule has 0 radical (unpaired) electrons. The van der Waals surface area contributed by atoms with Gasteiger partial charge in [0, 0.05) is 24.7 Å². The van der Waals surface area contributed by atoms with E-state index in [4.69, 9.17) is 16.3 Å². The van der Waals surface area contributed by atoms with Gasteiger partial charge in [-0.15, -0.1) is 0 Å². The van der Waals surface area contributed by atoms with Crippen molar-refractivity contribution in [3.8, 4) is 5.75 Å². The lowest BCUT2D eigenvalue weighted by Gasteiger charge is -2.26. The molecule has 0 saturated heterocycles. The summed E-state index contributed by atoms with van der Waals surface area (Å²) in [5, 5.41) is 15.2. The highest BCUT2D eigenvalue weighted by molar-refractivity contribution is 7.07. The van der Waals surface area contributed by atoms with E-state index in [1.165, 1.54) is 5.56 Å². The third-order valence-electron chi connectivity index (χ3n) is 3.33. The van der Waals surface area contributed by atoms with E-state index in [1.807, 2.05) is 12.1 Å². The molecule has 23 heavy (non-hydrogen) atoms. The van der Waals surface area contributed by atoms with Crippen molar-refractivity contribution in [2.45, 2.75) is 26.5 Å². The summed E-state index contributed by atoms with van der Waals surface area (Å²) >= 11 is 7.55. The first-order valence-corrected chi connectivity index (χ1v) is 9.15. The van der Waals surface area contributed by atoms with Crippen molar-refractivity contribution in [2.75, 3.05) is 19.7 Å². The molecular weight excluding hydrogens is 330 g/mol. The van der Waals surface area contributed by atoms with Crippen LogP contribution >= 0.6 is 22.9 Å². The second kappa shape index (κ2) is 9.28. The molecule has 1 N–H and O–H groups in total. The highest BCUT2D eigenvalue weighted by Crippen LogP contribution is 2.16. The molecule has 2 aromatic rings. The summed E-state index contributed by atoms with van der Waals surface area (Å²) in [5.74, 6) is 1.28. The number of ether oxygens (including phenoxy) is 1. The summed E-state index contributed by atoms with van der Waals surface area (Å²) in [6.07, 6.45) is -0.525. The summed E-state index contributed by atoms with van der Waals surface area (Å²) in [4.78, 5) is 2.28. The van der Waals surface area contributed by atoms with Gasteiger partial charge in [0.2, 0.25) is 0 Å². The maximum absolute atomic E-state index is 10.3. The number of aliphatic hydroxyl groups is 1. The average molecular weight is 354 g/mol. The molecule has 0 spiro atoms. The maximum atomic E-state index is 10.3. The van der Waals surface area contributed by atoms with Crippen molar-refractivity contribution in [3.63, 3.8) is 0 Å². The molecule has 2 rings (SSSR count). The lowest BCUT2D eigenvalue weighted by Crippen LogP contribution is -2.37. The maximum Gasteiger partial charge on any atom is 0.119 e. The summed E-state index contributed by atoms with van der Waals surface area (Å²) in [6, 6.07) is 9.32. The quantitative estimate of drug-likeness (QED) is 0.729. The molecule has 0 bridgehead atoms. The Labute approximate surface area is 147 Å². The molecule has 1 atom stereocenters. The average Bonchev–Trinajstić information content (AvgIpc) is 2.99. The topological polar surface area (TPSA) is 32.7 Å². The first kappa shape index (κ1) is 18.3. The number of thiophene rings is 1. The molecular formula is C18H24ClNO2S. The van der Waals surface area contributed by atoms with E-state index < -0.39 is 6.10 Å². The Morgan fingerprint density at radius 2 is 1.91 bits per heavy atom. The second-order valence-corrected chi connectivity index (χ2v) is 7.35. The Morgan fingerprint density at radius 1 is 1.17 bits per heavy atom. The molecule has 0 aliphatic heterocycles. The fourth-order valence-electron chi connectivity index (χ4n) is 2.43. The second-order valence-electron chi connectivity index (χ2n) is 6.14. The van der Waals surface area contributed by atoms with Crippen LogP contribution in [-0.4, -0.2) is 35.8 Å². The van der Waals surface area contributed by atoms with Crippen molar-refractivity contribution >= 4 is 22.9 Å². The monoisotopic (exact) mass is 353 g/mol. The van der Waals surface area contributed by atoms with E-state index in [-0.39, 0.29) is 6.61 Å². The normalized spacial score (nSPS) is 12.8. The van der Waals surface area contributed by atoms with Crippen LogP contribution in [0.15, 0.2) is 41.1 Å². The van der Waals surface area contributed by atoms with Gasteiger partial charge in [-0.25, -0.2) is 0 Å². The van der Waals surface area contributed by atoms with Crippen molar-refractivity contribution in [1.29, 1.82) is 0 Å². The van der Waals surface area contributed by atoms with Gasteiger partial charge in [-0.1, -0.05) is 25.4 Å². The molecule has 0 amide bonds. The number of nitrogens with zero attached hydrogens (tertiary/aromatic N) is 1. The molecule has 0 fully saturated rings. The van der Waals surface area contributed by atoms with Crippen LogP contribution in [0.25, 0.3) is 0 Å². The fourth-order valence-corrected chi connectivity index (χ4v) is 3.22. The lowest BCUT2D eigenvalue weighted by molar-refractivity contribution is 0.0615. The molecule has 1 aromatic carbocycles. The molecule has 0 aliphatic rings. The molecule has 1 aromatic heterocycles. The van der Waals surface area contributed by atoms with Crippen LogP contribution in [-0.2, 0) is 6.54 Å². The Bertz CT molecular complexity index is 557. The van der Waals surface area contributed by atoms with Gasteiger partial charge in [-0.2, -0.15) is 11.3 Å². The zero-order valence-electron chi connectivity index (χ0n) is 13.6. The van der Waals surface area contributed by atoms with Crippen LogP contribution in [0.5, 0.6) is 5.75 Å². The minimum Gasteiger partial charge on any atom is -0.491 e. The number of halogens is 1. The van der Waals surface area contributed by atoms with Gasteiger partial charge in [0.25, 0.3) is 0 Å². The zero-order valence-corrected chi connectivity index (χ0v) is 15.2. The van der Waals surface area contributed by atoms with Gasteiger partial charge in [-0.3, -0.25) is 4.90 Å². The van der Waals surface area contributed by atoms with Gasteiger partial charge in [0.15, 0.2) is 0 Å². The summed E-state index contributed by atoms with van der Waals surface area (Å²) in [5.41, 5.74) is 1.29. The zero-order chi connectivity index (χ0) is 16.7. The first-order chi connectivity index (χ1) is 11.0. The Kier molecular flexibility index (Phi) is 7.37. The number of benzene rings is 1. The highest BCUT2D eigenvalue weighted by Gasteiger charge is 2.14. The van der Waals surface area contributed by atoms with Crippen LogP contribution in [0.1, 0.15) is 19.4 Å². The number of rotatable bonds is 9. The number of hydrogen-bond acceptors (Lipinski definition) is 4. The van der Waals surface area contributed by atoms with Crippen LogP contribution in [0.3, 0.4) is 0 Å². The molecule has 126 valence electrons. The minimum absolute atomic E-state index is 0.278. The van der Waals surface area contributed by atoms with Gasteiger partial charge in [0.1, 0.15) is 18.5 Å². The SMILES string of the molecule is CC(C)CN(Cc1ccsc1)C[C@@H](O)COc1ccc(Cl)cc1. The van der Waals surface area contributed by atoms with Crippen molar-refractivity contribution < 1.29 is 9.84 Å². The smallest absolute Gasteiger partial charge is 0.119 e. The van der Waals surface area contributed by atoms with E-state index in [1.54, 1.807) is 23.5 Å². The first-order valence-electron chi connectivity index (χ1n) is 7.83. The van der Waals surface area contributed by atoms with E-state index in [9.17, 15) is 5.11 Å². The molecule has 3 nitrogen and oxygen atoms in total. The summed E-state index contributed by atoms with van der Waals surface area (Å²) in [6.45, 7) is 7.07. The standard InChI is InChI=1S/C18H24ClNO2S/c1-14(2)9-20(10-15-7-8-23-13-15)11-17(21)12-22-18-5-3-16(19)4-6-18/h3-8,13-14,17,21H,9-12H2,1-2H3/t17-/m1/s1. The van der Waals surface area contributed by atoms with Gasteiger partial charge in [0.05, 0.1) is 0 Å².